The zero-order valence-corrected chi connectivity index (χ0v) is 17.7. The smallest absolute Gasteiger partial charge is 0.348 e. The van der Waals surface area contributed by atoms with Gasteiger partial charge in [-0.05, 0) is 41.5 Å². The van der Waals surface area contributed by atoms with E-state index in [1.165, 1.54) is 0 Å². The van der Waals surface area contributed by atoms with Crippen LogP contribution in [0, 0.1) is 0 Å². The second-order valence-corrected chi connectivity index (χ2v) is 6.35. The molecule has 0 aromatic rings. The SMILES string of the molecule is C.CC(C)N1C(=O)NC(=O)C(F)C1=O.CC(C)NC(N)=O.CCOC(=O)C(F)C(C)=O. The lowest BCUT2D eigenvalue weighted by Crippen LogP contribution is -2.61. The summed E-state index contributed by atoms with van der Waals surface area (Å²) in [5, 5.41) is 4.19. The summed E-state index contributed by atoms with van der Waals surface area (Å²) < 4.78 is 29.3. The summed E-state index contributed by atoms with van der Waals surface area (Å²) in [7, 11) is 0. The van der Waals surface area contributed by atoms with Crippen molar-refractivity contribution >= 4 is 35.6 Å². The monoisotopic (exact) mass is 454 g/mol. The first-order valence-electron chi connectivity index (χ1n) is 8.86. The van der Waals surface area contributed by atoms with Crippen molar-refractivity contribution in [2.45, 2.75) is 73.4 Å². The molecule has 1 fully saturated rings. The number of carbonyl (C=O) groups is 6. The van der Waals surface area contributed by atoms with Crippen LogP contribution in [0.5, 0.6) is 0 Å². The Morgan fingerprint density at radius 3 is 1.97 bits per heavy atom. The quantitative estimate of drug-likeness (QED) is 0.411. The normalized spacial score (nSPS) is 16.0. The molecule has 2 atom stereocenters. The first-order valence-corrected chi connectivity index (χ1v) is 8.86. The van der Waals surface area contributed by atoms with Gasteiger partial charge in [0.05, 0.1) is 6.61 Å². The van der Waals surface area contributed by atoms with E-state index < -0.39 is 54.0 Å². The van der Waals surface area contributed by atoms with Gasteiger partial charge in [-0.15, -0.1) is 0 Å². The molecule has 180 valence electrons. The Balaban J connectivity index is -0.000000392. The maximum Gasteiger partial charge on any atom is 0.348 e. The van der Waals surface area contributed by atoms with Crippen LogP contribution in [0.2, 0.25) is 0 Å². The van der Waals surface area contributed by atoms with Crippen molar-refractivity contribution in [2.24, 2.45) is 5.73 Å². The fourth-order valence-corrected chi connectivity index (χ4v) is 1.72. The molecule has 1 aliphatic rings. The van der Waals surface area contributed by atoms with Crippen molar-refractivity contribution in [3.8, 4) is 0 Å². The maximum atomic E-state index is 12.8. The molecule has 0 saturated carbocycles. The van der Waals surface area contributed by atoms with Crippen molar-refractivity contribution in [3.63, 3.8) is 0 Å². The molecule has 4 N–H and O–H groups in total. The average Bonchev–Trinajstić information content (AvgIpc) is 2.58. The van der Waals surface area contributed by atoms with Gasteiger partial charge in [0.1, 0.15) is 0 Å². The molecule has 0 aromatic heterocycles. The maximum absolute atomic E-state index is 12.8. The summed E-state index contributed by atoms with van der Waals surface area (Å²) in [4.78, 5) is 63.9. The number of nitrogens with two attached hydrogens (primary N) is 1. The molecule has 1 rings (SSSR count). The number of ether oxygens (including phenoxy) is 1. The van der Waals surface area contributed by atoms with E-state index in [1.807, 2.05) is 13.8 Å². The fourth-order valence-electron chi connectivity index (χ4n) is 1.72. The van der Waals surface area contributed by atoms with E-state index >= 15 is 0 Å². The van der Waals surface area contributed by atoms with E-state index in [-0.39, 0.29) is 20.1 Å². The molecular weight excluding hydrogens is 422 g/mol. The number of esters is 1. The average molecular weight is 454 g/mol. The van der Waals surface area contributed by atoms with Gasteiger partial charge in [0.25, 0.3) is 24.2 Å². The van der Waals surface area contributed by atoms with Crippen LogP contribution in [0.15, 0.2) is 0 Å². The summed E-state index contributed by atoms with van der Waals surface area (Å²) >= 11 is 0. The predicted molar refractivity (Wildman–Crippen MR) is 107 cm³/mol. The molecule has 0 aromatic carbocycles. The number of halogens is 2. The fraction of sp³-hybridized carbons (Fsp3) is 0.667. The molecule has 0 aliphatic carbocycles. The topological polar surface area (TPSA) is 165 Å². The van der Waals surface area contributed by atoms with Crippen LogP contribution in [0.4, 0.5) is 18.4 Å². The second-order valence-electron chi connectivity index (χ2n) is 6.35. The van der Waals surface area contributed by atoms with Gasteiger partial charge < -0.3 is 15.8 Å². The summed E-state index contributed by atoms with van der Waals surface area (Å²) in [5.41, 5.74) is 4.74. The van der Waals surface area contributed by atoms with E-state index in [0.29, 0.717) is 4.90 Å². The molecule has 31 heavy (non-hydrogen) atoms. The molecule has 0 bridgehead atoms. The third kappa shape index (κ3) is 12.9. The van der Waals surface area contributed by atoms with Crippen LogP contribution < -0.4 is 16.4 Å². The highest BCUT2D eigenvalue weighted by Gasteiger charge is 2.41. The Labute approximate surface area is 180 Å². The molecule has 11 nitrogen and oxygen atoms in total. The molecule has 2 unspecified atom stereocenters. The number of barbiturate groups is 1. The number of urea groups is 2. The molecule has 13 heteroatoms. The zero-order chi connectivity index (χ0) is 24.2. The molecule has 0 radical (unpaired) electrons. The summed E-state index contributed by atoms with van der Waals surface area (Å²) in [6.45, 7) is 9.45. The third-order valence-electron chi connectivity index (χ3n) is 2.93. The van der Waals surface area contributed by atoms with E-state index in [2.05, 4.69) is 10.1 Å². The number of imide groups is 2. The van der Waals surface area contributed by atoms with Gasteiger partial charge in [-0.25, -0.2) is 23.2 Å². The molecule has 1 saturated heterocycles. The minimum Gasteiger partial charge on any atom is -0.463 e. The van der Waals surface area contributed by atoms with Crippen molar-refractivity contribution in [3.05, 3.63) is 0 Å². The van der Waals surface area contributed by atoms with Crippen LogP contribution in [0.1, 0.15) is 49.0 Å². The minimum absolute atomic E-state index is 0. The van der Waals surface area contributed by atoms with Gasteiger partial charge in [0.15, 0.2) is 5.78 Å². The van der Waals surface area contributed by atoms with E-state index in [4.69, 9.17) is 5.73 Å². The number of alkyl halides is 2. The lowest BCUT2D eigenvalue weighted by atomic mass is 10.2. The second kappa shape index (κ2) is 15.7. The number of primary amides is 1. The Kier molecular flexibility index (Phi) is 16.5. The molecule has 1 aliphatic heterocycles. The molecular formula is C18H32F2N4O7. The van der Waals surface area contributed by atoms with E-state index in [9.17, 15) is 37.5 Å². The van der Waals surface area contributed by atoms with Crippen molar-refractivity contribution < 1.29 is 42.3 Å². The van der Waals surface area contributed by atoms with Crippen molar-refractivity contribution in [1.82, 2.24) is 15.5 Å². The van der Waals surface area contributed by atoms with E-state index in [1.54, 1.807) is 26.1 Å². The van der Waals surface area contributed by atoms with Gasteiger partial charge in [-0.1, -0.05) is 7.43 Å². The number of rotatable bonds is 5. The van der Waals surface area contributed by atoms with Crippen LogP contribution in [-0.2, 0) is 23.9 Å². The number of hydrogen-bond acceptors (Lipinski definition) is 7. The van der Waals surface area contributed by atoms with Crippen LogP contribution in [-0.4, -0.2) is 71.6 Å². The van der Waals surface area contributed by atoms with Crippen LogP contribution in [0.3, 0.4) is 0 Å². The van der Waals surface area contributed by atoms with E-state index in [0.717, 1.165) is 6.92 Å². The standard InChI is InChI=1S/C7H9FN2O3.C6H9FO3.C4H10N2O.CH4/c1-3(2)10-6(12)4(8)5(11)9-7(10)13;1-3-10-6(9)5(7)4(2)8;1-3(2)6-4(5)7;/h3-4H,1-2H3,(H,9,11,13);5H,3H2,1-2H3;3H,1-2H3,(H3,5,6,7);1H4. The highest BCUT2D eigenvalue weighted by atomic mass is 19.1. The minimum atomic E-state index is -2.26. The van der Waals surface area contributed by atoms with Crippen LogP contribution >= 0.6 is 0 Å². The highest BCUT2D eigenvalue weighted by Crippen LogP contribution is 2.10. The first kappa shape index (κ1) is 32.5. The summed E-state index contributed by atoms with van der Waals surface area (Å²) in [6, 6.07) is -1.63. The Hall–Kier alpha value is -3.12. The van der Waals surface area contributed by atoms with Gasteiger partial charge in [0.2, 0.25) is 0 Å². The van der Waals surface area contributed by atoms with Crippen molar-refractivity contribution in [2.75, 3.05) is 6.61 Å². The highest BCUT2D eigenvalue weighted by molar-refractivity contribution is 6.18. The predicted octanol–water partition coefficient (Wildman–Crippen LogP) is 0.987. The zero-order valence-electron chi connectivity index (χ0n) is 17.7. The molecule has 0 spiro atoms. The van der Waals surface area contributed by atoms with Gasteiger partial charge in [-0.2, -0.15) is 0 Å². The van der Waals surface area contributed by atoms with Crippen LogP contribution in [0.25, 0.3) is 0 Å². The first-order chi connectivity index (χ1) is 13.7. The van der Waals surface area contributed by atoms with Gasteiger partial charge >= 0.3 is 18.0 Å². The Morgan fingerprint density at radius 1 is 1.19 bits per heavy atom. The number of nitrogens with one attached hydrogen (secondary N) is 2. The van der Waals surface area contributed by atoms with Crippen molar-refractivity contribution in [1.29, 1.82) is 0 Å². The third-order valence-corrected chi connectivity index (χ3v) is 2.93. The number of ketones is 1. The number of carbonyl (C=O) groups excluding carboxylic acids is 6. The van der Waals surface area contributed by atoms with Gasteiger partial charge in [0, 0.05) is 12.1 Å². The number of hydrogen-bond donors (Lipinski definition) is 3. The summed E-state index contributed by atoms with van der Waals surface area (Å²) in [6.07, 6.45) is -4.37. The summed E-state index contributed by atoms with van der Waals surface area (Å²) in [5.74, 6) is -4.20. The number of nitrogens with zero attached hydrogens (tertiary/aromatic N) is 1. The number of amides is 6. The largest absolute Gasteiger partial charge is 0.463 e. The lowest BCUT2D eigenvalue weighted by molar-refractivity contribution is -0.152. The Bertz CT molecular complexity index is 657. The molecule has 1 heterocycles. The molecule has 6 amide bonds. The van der Waals surface area contributed by atoms with Gasteiger partial charge in [-0.3, -0.25) is 24.6 Å². The Morgan fingerprint density at radius 2 is 1.68 bits per heavy atom. The number of Topliss-reactive ketones (excluding diaryl/α,β-unsaturated/α-hetero) is 1. The lowest BCUT2D eigenvalue weighted by Gasteiger charge is -2.29.